The van der Waals surface area contributed by atoms with Crippen LogP contribution in [0.1, 0.15) is 0 Å². The highest BCUT2D eigenvalue weighted by atomic mass is 32.5. The monoisotopic (exact) mass is 155 g/mol. The van der Waals surface area contributed by atoms with Crippen molar-refractivity contribution >= 4 is 10.4 Å². The zero-order valence-electron chi connectivity index (χ0n) is 3.19. The lowest BCUT2D eigenvalue weighted by Gasteiger charge is -2.16. The largest absolute Gasteiger partial charge is 0.606 e. The SMILES string of the molecule is N#[N+]S(F)(F)(F)(F)F. The molecule has 0 aliphatic rings. The van der Waals surface area contributed by atoms with Gasteiger partial charge in [-0.05, 0) is 19.4 Å². The molecule has 0 fully saturated rings. The molecule has 0 unspecified atom stereocenters. The van der Waals surface area contributed by atoms with E-state index in [0.717, 1.165) is 0 Å². The predicted molar refractivity (Wildman–Crippen MR) is 18.2 cm³/mol. The molecule has 0 N–H and O–H groups in total. The second-order valence-corrected chi connectivity index (χ2v) is 3.03. The molecule has 50 valence electrons. The first-order valence-electron chi connectivity index (χ1n) is 1.15. The van der Waals surface area contributed by atoms with Crippen molar-refractivity contribution in [2.75, 3.05) is 0 Å². The van der Waals surface area contributed by atoms with Crippen LogP contribution in [0.2, 0.25) is 0 Å². The first kappa shape index (κ1) is 7.42. The van der Waals surface area contributed by atoms with Crippen LogP contribution in [-0.4, -0.2) is 0 Å². The van der Waals surface area contributed by atoms with Crippen LogP contribution in [0.3, 0.4) is 0 Å². The Morgan fingerprint density at radius 1 is 1.00 bits per heavy atom. The standard InChI is InChI=1S/F5N2S/c1-8(2,3,4,5)7-6/q+1. The summed E-state index contributed by atoms with van der Waals surface area (Å²) in [5.74, 6) is 0. The van der Waals surface area contributed by atoms with E-state index in [1.807, 2.05) is 0 Å². The lowest BCUT2D eigenvalue weighted by molar-refractivity contribution is 0.382. The van der Waals surface area contributed by atoms with Gasteiger partial charge in [0.25, 0.3) is 0 Å². The molecule has 0 bridgehead atoms. The highest BCUT2D eigenvalue weighted by Gasteiger charge is 2.80. The fourth-order valence-corrected chi connectivity index (χ4v) is 0. The summed E-state index contributed by atoms with van der Waals surface area (Å²) in [6.45, 7) is 0. The Morgan fingerprint density at radius 3 is 1.12 bits per heavy atom. The van der Waals surface area contributed by atoms with Gasteiger partial charge in [-0.1, -0.05) is 0 Å². The van der Waals surface area contributed by atoms with E-state index >= 15 is 0 Å². The molecule has 2 nitrogen and oxygen atoms in total. The average Bonchev–Trinajstić information content (AvgIpc) is 1.30. The summed E-state index contributed by atoms with van der Waals surface area (Å²) in [5, 5.41) is 6.72. The molecule has 0 spiro atoms. The van der Waals surface area contributed by atoms with Crippen molar-refractivity contribution in [2.45, 2.75) is 0 Å². The Morgan fingerprint density at radius 2 is 1.12 bits per heavy atom. The Labute approximate surface area is 40.8 Å². The fraction of sp³-hybridized carbons (Fsp3) is 0. The molecule has 0 aromatic heterocycles. The third-order valence-electron chi connectivity index (χ3n) is 0.154. The number of rotatable bonds is 0. The average molecular weight is 155 g/mol. The lowest BCUT2D eigenvalue weighted by atomic mass is 13.4. The minimum Gasteiger partial charge on any atom is -0.0317 e. The lowest BCUT2D eigenvalue weighted by Crippen LogP contribution is -1.95. The summed E-state index contributed by atoms with van der Waals surface area (Å²) in [7, 11) is -9.82. The second-order valence-electron chi connectivity index (χ2n) is 1.01. The molecule has 0 amide bonds. The molecule has 0 aromatic rings. The molecule has 0 aliphatic carbocycles. The van der Waals surface area contributed by atoms with Crippen LogP contribution in [0.5, 0.6) is 0 Å². The van der Waals surface area contributed by atoms with Crippen molar-refractivity contribution in [2.24, 2.45) is 0 Å². The minimum atomic E-state index is -9.82. The van der Waals surface area contributed by atoms with Gasteiger partial charge in [0.15, 0.2) is 0 Å². The van der Waals surface area contributed by atoms with Gasteiger partial charge in [-0.15, -0.1) is 0 Å². The summed E-state index contributed by atoms with van der Waals surface area (Å²) >= 11 is 0. The van der Waals surface area contributed by atoms with Gasteiger partial charge in [-0.2, -0.15) is 0 Å². The molecule has 0 saturated heterocycles. The Balaban J connectivity index is 4.88. The quantitative estimate of drug-likeness (QED) is 0.390. The van der Waals surface area contributed by atoms with Gasteiger partial charge in [0, 0.05) is 0 Å². The number of hydrogen-bond donors (Lipinski definition) is 0. The first-order chi connectivity index (χ1) is 3.04. The van der Waals surface area contributed by atoms with Gasteiger partial charge >= 0.3 is 14.8 Å². The molecule has 0 rings (SSSR count). The van der Waals surface area contributed by atoms with E-state index in [0.29, 0.717) is 0 Å². The normalized spacial score (nSPS) is 20.5. The Bertz CT molecular complexity index is 141. The highest BCUT2D eigenvalue weighted by molar-refractivity contribution is 8.47. The highest BCUT2D eigenvalue weighted by Crippen LogP contribution is 2.99. The summed E-state index contributed by atoms with van der Waals surface area (Å²) in [5.41, 5.74) is 0. The summed E-state index contributed by atoms with van der Waals surface area (Å²) in [6.07, 6.45) is 0. The van der Waals surface area contributed by atoms with Gasteiger partial charge in [0.05, 0.1) is 0 Å². The van der Waals surface area contributed by atoms with Crippen molar-refractivity contribution in [1.29, 1.82) is 5.39 Å². The number of nitrogens with zero attached hydrogens (tertiary/aromatic N) is 2. The van der Waals surface area contributed by atoms with Crippen molar-refractivity contribution in [1.82, 2.24) is 0 Å². The fourth-order valence-electron chi connectivity index (χ4n) is 0. The molecule has 0 atom stereocenters. The van der Waals surface area contributed by atoms with Crippen LogP contribution in [-0.2, 0) is 0 Å². The van der Waals surface area contributed by atoms with Crippen LogP contribution in [0, 0.1) is 5.39 Å². The molecular formula is F5N2S+. The van der Waals surface area contributed by atoms with Crippen molar-refractivity contribution in [3.05, 3.63) is 4.38 Å². The van der Waals surface area contributed by atoms with Crippen molar-refractivity contribution in [3.8, 4) is 0 Å². The molecule has 0 heterocycles. The van der Waals surface area contributed by atoms with E-state index in [4.69, 9.17) is 5.39 Å². The maximum Gasteiger partial charge on any atom is 0.606 e. The van der Waals surface area contributed by atoms with Gasteiger partial charge in [0.1, 0.15) is 0 Å². The molecule has 0 saturated carbocycles. The molecule has 0 aromatic carbocycles. The Hall–Kier alpha value is -0.580. The van der Waals surface area contributed by atoms with E-state index in [2.05, 4.69) is 0 Å². The third kappa shape index (κ3) is 5.42. The van der Waals surface area contributed by atoms with Crippen LogP contribution >= 0.6 is 10.4 Å². The first-order valence-corrected chi connectivity index (χ1v) is 3.06. The summed E-state index contributed by atoms with van der Waals surface area (Å²) in [6, 6.07) is 0. The predicted octanol–water partition coefficient (Wildman–Crippen LogP) is 3.05. The van der Waals surface area contributed by atoms with Crippen LogP contribution in [0.15, 0.2) is 0 Å². The van der Waals surface area contributed by atoms with Gasteiger partial charge in [0.2, 0.25) is 5.39 Å². The zero-order valence-corrected chi connectivity index (χ0v) is 4.01. The molecular weight excluding hydrogens is 155 g/mol. The van der Waals surface area contributed by atoms with Gasteiger partial charge < -0.3 is 0 Å². The number of halogens is 5. The summed E-state index contributed by atoms with van der Waals surface area (Å²) < 4.78 is 52.7. The topological polar surface area (TPSA) is 28.1 Å². The number of hydrogen-bond acceptors (Lipinski definition) is 1. The van der Waals surface area contributed by atoms with Crippen molar-refractivity contribution in [3.63, 3.8) is 0 Å². The van der Waals surface area contributed by atoms with E-state index in [9.17, 15) is 19.4 Å². The number of diazo groups is 1. The van der Waals surface area contributed by atoms with Crippen LogP contribution in [0.25, 0.3) is 4.38 Å². The minimum absolute atomic E-state index is 0.0694. The van der Waals surface area contributed by atoms with Crippen LogP contribution < -0.4 is 0 Å². The van der Waals surface area contributed by atoms with Crippen LogP contribution in [0.4, 0.5) is 19.4 Å². The zero-order chi connectivity index (χ0) is 7.12. The van der Waals surface area contributed by atoms with E-state index in [-0.39, 0.29) is 4.38 Å². The van der Waals surface area contributed by atoms with Gasteiger partial charge in [-0.3, -0.25) is 0 Å². The molecule has 0 aliphatic heterocycles. The van der Waals surface area contributed by atoms with Gasteiger partial charge in [-0.25, -0.2) is 0 Å². The summed E-state index contributed by atoms with van der Waals surface area (Å²) in [4.78, 5) is 0. The molecule has 8 heavy (non-hydrogen) atoms. The van der Waals surface area contributed by atoms with E-state index < -0.39 is 10.4 Å². The smallest absolute Gasteiger partial charge is 0.0317 e. The maximum atomic E-state index is 10.5. The molecule has 0 radical (unpaired) electrons. The second kappa shape index (κ2) is 0.793. The van der Waals surface area contributed by atoms with Crippen molar-refractivity contribution < 1.29 is 19.4 Å². The molecule has 8 heteroatoms. The Kier molecular flexibility index (Phi) is 0.736. The maximum absolute atomic E-state index is 10.5. The van der Waals surface area contributed by atoms with E-state index in [1.165, 1.54) is 0 Å². The third-order valence-corrected chi connectivity index (χ3v) is 0.463. The van der Waals surface area contributed by atoms with E-state index in [1.54, 1.807) is 0 Å².